The fraction of sp³-hybridized carbons (Fsp3) is 0.292. The zero-order chi connectivity index (χ0) is 23.3. The molecular formula is C24H22FN3O5. The Bertz CT molecular complexity index is 1280. The van der Waals surface area contributed by atoms with Crippen molar-refractivity contribution in [1.82, 2.24) is 14.5 Å². The van der Waals surface area contributed by atoms with E-state index in [-0.39, 0.29) is 24.9 Å². The van der Waals surface area contributed by atoms with E-state index < -0.39 is 17.3 Å². The van der Waals surface area contributed by atoms with Gasteiger partial charge in [-0.1, -0.05) is 0 Å². The van der Waals surface area contributed by atoms with Crippen LogP contribution in [0.3, 0.4) is 0 Å². The van der Waals surface area contributed by atoms with Gasteiger partial charge in [-0.3, -0.25) is 9.36 Å². The van der Waals surface area contributed by atoms with Crippen molar-refractivity contribution in [2.75, 3.05) is 14.2 Å². The number of aromatic nitrogens is 2. The molecule has 170 valence electrons. The van der Waals surface area contributed by atoms with Crippen LogP contribution in [0.15, 0.2) is 36.7 Å². The van der Waals surface area contributed by atoms with E-state index in [4.69, 9.17) is 9.47 Å². The first-order valence-corrected chi connectivity index (χ1v) is 10.5. The van der Waals surface area contributed by atoms with Crippen LogP contribution in [0.5, 0.6) is 11.5 Å². The number of rotatable bonds is 6. The lowest BCUT2D eigenvalue weighted by molar-refractivity contribution is 0.0688. The molecule has 9 heteroatoms. The number of benzene rings is 2. The van der Waals surface area contributed by atoms with Gasteiger partial charge in [0.15, 0.2) is 0 Å². The summed E-state index contributed by atoms with van der Waals surface area (Å²) in [4.78, 5) is 31.4. The number of aromatic carboxylic acids is 1. The van der Waals surface area contributed by atoms with Gasteiger partial charge in [0, 0.05) is 24.1 Å². The number of carbonyl (C=O) groups excluding carboxylic acids is 1. The van der Waals surface area contributed by atoms with Gasteiger partial charge < -0.3 is 19.5 Å². The minimum absolute atomic E-state index is 0.103. The summed E-state index contributed by atoms with van der Waals surface area (Å²) in [7, 11) is 3.10. The van der Waals surface area contributed by atoms with Crippen molar-refractivity contribution in [3.05, 3.63) is 70.6 Å². The van der Waals surface area contributed by atoms with E-state index in [9.17, 15) is 19.1 Å². The molecule has 3 aromatic rings. The molecule has 8 nitrogen and oxygen atoms in total. The molecule has 5 rings (SSSR count). The molecule has 0 saturated heterocycles. The Hall–Kier alpha value is -3.88. The van der Waals surface area contributed by atoms with Gasteiger partial charge in [0.05, 0.1) is 37.7 Å². The number of hydrogen-bond donors (Lipinski definition) is 1. The van der Waals surface area contributed by atoms with Crippen molar-refractivity contribution < 1.29 is 28.6 Å². The fourth-order valence-electron chi connectivity index (χ4n) is 4.27. The third kappa shape index (κ3) is 3.59. The molecule has 0 radical (unpaired) electrons. The first-order valence-electron chi connectivity index (χ1n) is 10.5. The standard InChI is InChI=1S/C24H22FN3O5/c1-32-16-6-5-14(20(8-16)33-2)10-27-11-15-7-18(25)17(24(30)31)9-19(15)28-12-26-21(13-3-4-13)22(28)23(27)29/h5-9,12-13H,3-4,10-11H2,1-2H3,(H,30,31). The molecule has 1 saturated carbocycles. The average Bonchev–Trinajstić information content (AvgIpc) is 3.57. The predicted octanol–water partition coefficient (Wildman–Crippen LogP) is 3.76. The summed E-state index contributed by atoms with van der Waals surface area (Å²) in [6.45, 7) is 0.314. The molecule has 0 atom stereocenters. The number of carboxylic acid groups (broad SMARTS) is 1. The second-order valence-electron chi connectivity index (χ2n) is 8.23. The van der Waals surface area contributed by atoms with Crippen LogP contribution in [-0.4, -0.2) is 45.7 Å². The number of carboxylic acids is 1. The van der Waals surface area contributed by atoms with Crippen molar-refractivity contribution in [3.63, 3.8) is 0 Å². The number of methoxy groups -OCH3 is 2. The smallest absolute Gasteiger partial charge is 0.338 e. The average molecular weight is 451 g/mol. The van der Waals surface area contributed by atoms with E-state index in [0.29, 0.717) is 34.1 Å². The molecule has 1 amide bonds. The van der Waals surface area contributed by atoms with E-state index in [2.05, 4.69) is 4.98 Å². The zero-order valence-corrected chi connectivity index (χ0v) is 18.2. The third-order valence-corrected chi connectivity index (χ3v) is 6.12. The van der Waals surface area contributed by atoms with Crippen LogP contribution in [0.25, 0.3) is 5.69 Å². The SMILES string of the molecule is COc1ccc(CN2Cc3cc(F)c(C(=O)O)cc3-n3cnc(C4CC4)c3C2=O)c(OC)c1. The van der Waals surface area contributed by atoms with Gasteiger partial charge in [-0.15, -0.1) is 0 Å². The highest BCUT2D eigenvalue weighted by atomic mass is 19.1. The fourth-order valence-corrected chi connectivity index (χ4v) is 4.27. The Kier molecular flexibility index (Phi) is 5.03. The van der Waals surface area contributed by atoms with Gasteiger partial charge in [0.25, 0.3) is 5.91 Å². The quantitative estimate of drug-likeness (QED) is 0.613. The van der Waals surface area contributed by atoms with Crippen molar-refractivity contribution in [2.45, 2.75) is 31.8 Å². The van der Waals surface area contributed by atoms with Crippen molar-refractivity contribution >= 4 is 11.9 Å². The number of hydrogen-bond acceptors (Lipinski definition) is 5. The summed E-state index contributed by atoms with van der Waals surface area (Å²) < 4.78 is 26.9. The molecule has 1 aromatic heterocycles. The number of carbonyl (C=O) groups is 2. The maximum absolute atomic E-state index is 14.6. The first kappa shape index (κ1) is 21.0. The molecule has 2 heterocycles. The highest BCUT2D eigenvalue weighted by Gasteiger charge is 2.37. The van der Waals surface area contributed by atoms with Gasteiger partial charge in [-0.2, -0.15) is 0 Å². The van der Waals surface area contributed by atoms with Crippen LogP contribution < -0.4 is 9.47 Å². The lowest BCUT2D eigenvalue weighted by Crippen LogP contribution is -2.30. The Labute approximate surface area is 189 Å². The number of nitrogens with zero attached hydrogens (tertiary/aromatic N) is 3. The largest absolute Gasteiger partial charge is 0.497 e. The van der Waals surface area contributed by atoms with Crippen molar-refractivity contribution in [3.8, 4) is 17.2 Å². The summed E-state index contributed by atoms with van der Waals surface area (Å²) in [6, 6.07) is 7.82. The molecule has 0 unspecified atom stereocenters. The van der Waals surface area contributed by atoms with E-state index >= 15 is 0 Å². The van der Waals surface area contributed by atoms with E-state index in [1.54, 1.807) is 35.8 Å². The van der Waals surface area contributed by atoms with E-state index in [1.807, 2.05) is 6.07 Å². The van der Waals surface area contributed by atoms with Gasteiger partial charge in [-0.25, -0.2) is 14.2 Å². The normalized spacial score (nSPS) is 15.0. The molecule has 0 spiro atoms. The predicted molar refractivity (Wildman–Crippen MR) is 116 cm³/mol. The first-order chi connectivity index (χ1) is 15.9. The van der Waals surface area contributed by atoms with Crippen LogP contribution in [0, 0.1) is 5.82 Å². The molecule has 2 aromatic carbocycles. The lowest BCUT2D eigenvalue weighted by Gasteiger charge is -2.23. The molecular weight excluding hydrogens is 429 g/mol. The Balaban J connectivity index is 1.63. The molecule has 2 aliphatic rings. The second-order valence-corrected chi connectivity index (χ2v) is 8.23. The summed E-state index contributed by atoms with van der Waals surface area (Å²) in [5, 5.41) is 9.42. The molecule has 1 aliphatic carbocycles. The van der Waals surface area contributed by atoms with Crippen LogP contribution in [0.2, 0.25) is 0 Å². The number of ether oxygens (including phenoxy) is 2. The van der Waals surface area contributed by atoms with Crippen molar-refractivity contribution in [2.24, 2.45) is 0 Å². The van der Waals surface area contributed by atoms with E-state index in [1.165, 1.54) is 18.5 Å². The summed E-state index contributed by atoms with van der Waals surface area (Å²) in [6.07, 6.45) is 3.42. The number of halogens is 1. The maximum atomic E-state index is 14.6. The topological polar surface area (TPSA) is 93.9 Å². The van der Waals surface area contributed by atoms with Gasteiger partial charge in [0.2, 0.25) is 0 Å². The molecule has 33 heavy (non-hydrogen) atoms. The van der Waals surface area contributed by atoms with Crippen LogP contribution in [0.4, 0.5) is 4.39 Å². The van der Waals surface area contributed by atoms with Gasteiger partial charge in [0.1, 0.15) is 29.3 Å². The Morgan fingerprint density at radius 1 is 1.21 bits per heavy atom. The number of amides is 1. The van der Waals surface area contributed by atoms with Gasteiger partial charge >= 0.3 is 5.97 Å². The minimum atomic E-state index is -1.37. The lowest BCUT2D eigenvalue weighted by atomic mass is 10.1. The number of fused-ring (bicyclic) bond motifs is 3. The van der Waals surface area contributed by atoms with Crippen LogP contribution >= 0.6 is 0 Å². The molecule has 1 N–H and O–H groups in total. The Morgan fingerprint density at radius 2 is 2.00 bits per heavy atom. The van der Waals surface area contributed by atoms with Gasteiger partial charge in [-0.05, 0) is 42.7 Å². The summed E-state index contributed by atoms with van der Waals surface area (Å²) in [5.74, 6) is -1.07. The van der Waals surface area contributed by atoms with Crippen molar-refractivity contribution in [1.29, 1.82) is 0 Å². The number of imidazole rings is 1. The Morgan fingerprint density at radius 3 is 2.67 bits per heavy atom. The molecule has 1 fully saturated rings. The third-order valence-electron chi connectivity index (χ3n) is 6.12. The maximum Gasteiger partial charge on any atom is 0.338 e. The highest BCUT2D eigenvalue weighted by Crippen LogP contribution is 2.43. The highest BCUT2D eigenvalue weighted by molar-refractivity contribution is 5.96. The zero-order valence-electron chi connectivity index (χ0n) is 18.2. The summed E-state index contributed by atoms with van der Waals surface area (Å²) in [5.41, 5.74) is 2.35. The monoisotopic (exact) mass is 451 g/mol. The molecule has 1 aliphatic heterocycles. The minimum Gasteiger partial charge on any atom is -0.497 e. The second kappa shape index (κ2) is 7.91. The summed E-state index contributed by atoms with van der Waals surface area (Å²) >= 11 is 0. The van der Waals surface area contributed by atoms with E-state index in [0.717, 1.165) is 18.4 Å². The van der Waals surface area contributed by atoms with Crippen LogP contribution in [-0.2, 0) is 13.1 Å². The molecule has 0 bridgehead atoms. The van der Waals surface area contributed by atoms with Crippen LogP contribution in [0.1, 0.15) is 56.4 Å².